The number of carbonyl (C=O) groups is 2. The van der Waals surface area contributed by atoms with E-state index in [-0.39, 0.29) is 24.3 Å². The monoisotopic (exact) mass is 330 g/mol. The number of hydrogen-bond acceptors (Lipinski definition) is 2. The Bertz CT molecular complexity index is 701. The third-order valence-corrected chi connectivity index (χ3v) is 3.92. The quantitative estimate of drug-likeness (QED) is 0.874. The third kappa shape index (κ3) is 4.83. The maximum Gasteiger partial charge on any atom is 0.226 e. The Labute approximate surface area is 140 Å². The van der Waals surface area contributed by atoms with Gasteiger partial charge in [0.05, 0.1) is 12.5 Å². The molecule has 0 aliphatic heterocycles. The van der Waals surface area contributed by atoms with Gasteiger partial charge in [0.15, 0.2) is 0 Å². The van der Waals surface area contributed by atoms with E-state index < -0.39 is 0 Å². The Morgan fingerprint density at radius 2 is 1.78 bits per heavy atom. The maximum atomic E-state index is 12.3. The smallest absolute Gasteiger partial charge is 0.226 e. The Balaban J connectivity index is 2.11. The fraction of sp³-hybridized carbons (Fsp3) is 0.222. The molecule has 2 amide bonds. The highest BCUT2D eigenvalue weighted by atomic mass is 35.5. The van der Waals surface area contributed by atoms with Crippen molar-refractivity contribution >= 4 is 29.1 Å². The molecule has 0 aliphatic rings. The van der Waals surface area contributed by atoms with E-state index in [1.807, 2.05) is 37.3 Å². The molecular formula is C18H19ClN2O2. The average Bonchev–Trinajstić information content (AvgIpc) is 2.51. The predicted octanol–water partition coefficient (Wildman–Crippen LogP) is 3.85. The first-order valence-electron chi connectivity index (χ1n) is 7.34. The van der Waals surface area contributed by atoms with Crippen molar-refractivity contribution in [2.75, 3.05) is 5.32 Å². The van der Waals surface area contributed by atoms with Crippen molar-refractivity contribution in [1.82, 2.24) is 5.32 Å². The van der Waals surface area contributed by atoms with Gasteiger partial charge in [-0.3, -0.25) is 9.59 Å². The number of halogens is 1. The molecule has 2 aromatic carbocycles. The van der Waals surface area contributed by atoms with Gasteiger partial charge < -0.3 is 10.6 Å². The van der Waals surface area contributed by atoms with Crippen LogP contribution in [-0.2, 0) is 9.59 Å². The third-order valence-electron chi connectivity index (χ3n) is 3.51. The number of benzene rings is 2. The van der Waals surface area contributed by atoms with Crippen LogP contribution in [0.1, 0.15) is 30.5 Å². The van der Waals surface area contributed by atoms with E-state index in [0.29, 0.717) is 10.7 Å². The number of nitrogens with one attached hydrogen (secondary N) is 2. The van der Waals surface area contributed by atoms with Gasteiger partial charge in [-0.15, -0.1) is 0 Å². The maximum absolute atomic E-state index is 12.3. The lowest BCUT2D eigenvalue weighted by Gasteiger charge is -2.18. The van der Waals surface area contributed by atoms with Crippen molar-refractivity contribution in [3.63, 3.8) is 0 Å². The van der Waals surface area contributed by atoms with Crippen LogP contribution in [0.25, 0.3) is 0 Å². The molecule has 0 aromatic heterocycles. The second-order valence-corrected chi connectivity index (χ2v) is 5.74. The largest absolute Gasteiger partial charge is 0.349 e. The molecule has 0 heterocycles. The van der Waals surface area contributed by atoms with Crippen molar-refractivity contribution in [3.05, 3.63) is 64.7 Å². The number of amides is 2. The van der Waals surface area contributed by atoms with Crippen molar-refractivity contribution in [1.29, 1.82) is 0 Å². The van der Waals surface area contributed by atoms with Crippen LogP contribution < -0.4 is 10.6 Å². The molecule has 2 rings (SSSR count). The van der Waals surface area contributed by atoms with Gasteiger partial charge >= 0.3 is 0 Å². The van der Waals surface area contributed by atoms with Crippen molar-refractivity contribution in [2.45, 2.75) is 26.3 Å². The minimum atomic E-state index is -0.367. The highest BCUT2D eigenvalue weighted by Gasteiger charge is 2.17. The second-order valence-electron chi connectivity index (χ2n) is 5.33. The molecule has 0 fully saturated rings. The molecule has 0 radical (unpaired) electrons. The zero-order chi connectivity index (χ0) is 16.8. The zero-order valence-electron chi connectivity index (χ0n) is 13.1. The van der Waals surface area contributed by atoms with Gasteiger partial charge in [-0.05, 0) is 30.2 Å². The molecule has 0 saturated carbocycles. The van der Waals surface area contributed by atoms with Crippen LogP contribution in [0, 0.1) is 6.92 Å². The van der Waals surface area contributed by atoms with Crippen molar-refractivity contribution < 1.29 is 9.59 Å². The van der Waals surface area contributed by atoms with Gasteiger partial charge in [0, 0.05) is 17.6 Å². The summed E-state index contributed by atoms with van der Waals surface area (Å²) in [6, 6.07) is 14.4. The molecule has 2 aromatic rings. The van der Waals surface area contributed by atoms with E-state index in [0.717, 1.165) is 11.1 Å². The fourth-order valence-electron chi connectivity index (χ4n) is 2.31. The molecule has 4 nitrogen and oxygen atoms in total. The van der Waals surface area contributed by atoms with E-state index in [1.165, 1.54) is 6.92 Å². The summed E-state index contributed by atoms with van der Waals surface area (Å²) in [5.74, 6) is -0.358. The topological polar surface area (TPSA) is 58.2 Å². The highest BCUT2D eigenvalue weighted by Crippen LogP contribution is 2.24. The number of anilines is 1. The van der Waals surface area contributed by atoms with Crippen molar-refractivity contribution in [3.8, 4) is 0 Å². The first kappa shape index (κ1) is 17.0. The Morgan fingerprint density at radius 3 is 2.43 bits per heavy atom. The molecule has 120 valence electrons. The van der Waals surface area contributed by atoms with Crippen LogP contribution >= 0.6 is 11.6 Å². The number of hydrogen-bond donors (Lipinski definition) is 2. The molecule has 0 spiro atoms. The standard InChI is InChI=1S/C18H19ClN2O2/c1-12-15(19)9-6-10-16(12)21-18(23)11-17(20-13(2)22)14-7-4-3-5-8-14/h3-10,17H,11H2,1-2H3,(H,20,22)(H,21,23)/t17-/m1/s1. The molecule has 0 unspecified atom stereocenters. The summed E-state index contributed by atoms with van der Waals surface area (Å²) in [7, 11) is 0. The van der Waals surface area contributed by atoms with Crippen LogP contribution in [-0.4, -0.2) is 11.8 Å². The minimum Gasteiger partial charge on any atom is -0.349 e. The van der Waals surface area contributed by atoms with Crippen LogP contribution in [0.15, 0.2) is 48.5 Å². The predicted molar refractivity (Wildman–Crippen MR) is 92.4 cm³/mol. The van der Waals surface area contributed by atoms with E-state index in [1.54, 1.807) is 18.2 Å². The summed E-state index contributed by atoms with van der Waals surface area (Å²) in [5, 5.41) is 6.26. The van der Waals surface area contributed by atoms with Crippen molar-refractivity contribution in [2.24, 2.45) is 0 Å². The van der Waals surface area contributed by atoms with E-state index >= 15 is 0 Å². The van der Waals surface area contributed by atoms with Crippen LogP contribution in [0.2, 0.25) is 5.02 Å². The summed E-state index contributed by atoms with van der Waals surface area (Å²) >= 11 is 6.06. The van der Waals surface area contributed by atoms with E-state index in [2.05, 4.69) is 10.6 Å². The fourth-order valence-corrected chi connectivity index (χ4v) is 2.49. The van der Waals surface area contributed by atoms with Gasteiger partial charge in [0.25, 0.3) is 0 Å². The number of rotatable bonds is 5. The summed E-state index contributed by atoms with van der Waals surface area (Å²) in [4.78, 5) is 23.7. The Morgan fingerprint density at radius 1 is 1.09 bits per heavy atom. The summed E-state index contributed by atoms with van der Waals surface area (Å²) in [6.07, 6.45) is 0.148. The zero-order valence-corrected chi connectivity index (χ0v) is 13.9. The lowest BCUT2D eigenvalue weighted by atomic mass is 10.0. The molecule has 2 N–H and O–H groups in total. The Kier molecular flexibility index (Phi) is 5.77. The molecule has 0 saturated heterocycles. The second kappa shape index (κ2) is 7.79. The molecular weight excluding hydrogens is 312 g/mol. The van der Waals surface area contributed by atoms with Gasteiger partial charge in [0.1, 0.15) is 0 Å². The first-order valence-corrected chi connectivity index (χ1v) is 7.72. The average molecular weight is 331 g/mol. The SMILES string of the molecule is CC(=O)N[C@H](CC(=O)Nc1cccc(Cl)c1C)c1ccccc1. The minimum absolute atomic E-state index is 0.148. The molecule has 1 atom stereocenters. The molecule has 23 heavy (non-hydrogen) atoms. The highest BCUT2D eigenvalue weighted by molar-refractivity contribution is 6.31. The number of carbonyl (C=O) groups excluding carboxylic acids is 2. The lowest BCUT2D eigenvalue weighted by molar-refractivity contribution is -0.120. The van der Waals surface area contributed by atoms with Crippen LogP contribution in [0.4, 0.5) is 5.69 Å². The van der Waals surface area contributed by atoms with E-state index in [4.69, 9.17) is 11.6 Å². The van der Waals surface area contributed by atoms with E-state index in [9.17, 15) is 9.59 Å². The first-order chi connectivity index (χ1) is 11.0. The molecule has 0 aliphatic carbocycles. The normalized spacial score (nSPS) is 11.6. The van der Waals surface area contributed by atoms with Gasteiger partial charge in [0.2, 0.25) is 11.8 Å². The summed E-state index contributed by atoms with van der Waals surface area (Å²) in [5.41, 5.74) is 2.39. The van der Waals surface area contributed by atoms with Crippen LogP contribution in [0.3, 0.4) is 0 Å². The summed E-state index contributed by atoms with van der Waals surface area (Å²) < 4.78 is 0. The summed E-state index contributed by atoms with van der Waals surface area (Å²) in [6.45, 7) is 3.29. The molecule has 5 heteroatoms. The van der Waals surface area contributed by atoms with Crippen LogP contribution in [0.5, 0.6) is 0 Å². The van der Waals surface area contributed by atoms with Gasteiger partial charge in [-0.25, -0.2) is 0 Å². The Hall–Kier alpha value is -2.33. The van der Waals surface area contributed by atoms with Gasteiger partial charge in [-0.1, -0.05) is 48.0 Å². The van der Waals surface area contributed by atoms with Gasteiger partial charge in [-0.2, -0.15) is 0 Å². The molecule has 0 bridgehead atoms. The lowest BCUT2D eigenvalue weighted by Crippen LogP contribution is -2.29.